The molecule has 3 aliphatic carbocycles. The second-order valence-corrected chi connectivity index (χ2v) is 8.64. The van der Waals surface area contributed by atoms with Gasteiger partial charge in [-0.1, -0.05) is 23.7 Å². The number of halogens is 1. The summed E-state index contributed by atoms with van der Waals surface area (Å²) in [4.78, 5) is 21.3. The third kappa shape index (κ3) is 2.95. The Kier molecular flexibility index (Phi) is 4.07. The lowest BCUT2D eigenvalue weighted by atomic mass is 9.35. The summed E-state index contributed by atoms with van der Waals surface area (Å²) in [7, 11) is 0. The number of hydrogen-bond acceptors (Lipinski definition) is 6. The standard InChI is InChI=1S/C21H18ClN5O2/c22-15-3-1-14(2-4-15)17-5-6-26-27(17)19(28)21-10-20(11-21,12-21)13-29-18-9-24-16(7-23)8-25-18/h1-4,6,8-9,17H,5,10-13H2. The van der Waals surface area contributed by atoms with Crippen molar-refractivity contribution in [1.29, 1.82) is 5.26 Å². The van der Waals surface area contributed by atoms with E-state index in [2.05, 4.69) is 15.1 Å². The molecule has 2 heterocycles. The number of benzene rings is 1. The van der Waals surface area contributed by atoms with Gasteiger partial charge in [0.1, 0.15) is 6.07 Å². The number of amides is 1. The molecule has 2 bridgehead atoms. The summed E-state index contributed by atoms with van der Waals surface area (Å²) in [6, 6.07) is 9.47. The molecule has 0 N–H and O–H groups in total. The van der Waals surface area contributed by atoms with E-state index in [1.807, 2.05) is 36.5 Å². The zero-order valence-corrected chi connectivity index (χ0v) is 16.3. The van der Waals surface area contributed by atoms with Crippen molar-refractivity contribution < 1.29 is 9.53 Å². The van der Waals surface area contributed by atoms with Crippen LogP contribution in [-0.4, -0.2) is 33.7 Å². The minimum Gasteiger partial charge on any atom is -0.476 e. The topological polar surface area (TPSA) is 91.5 Å². The first-order chi connectivity index (χ1) is 14.0. The van der Waals surface area contributed by atoms with Gasteiger partial charge in [0.15, 0.2) is 5.69 Å². The maximum atomic E-state index is 13.2. The number of carbonyl (C=O) groups excluding carboxylic acids is 1. The highest BCUT2D eigenvalue weighted by Gasteiger charge is 2.72. The van der Waals surface area contributed by atoms with Crippen LogP contribution in [0.5, 0.6) is 5.88 Å². The number of hydrazone groups is 1. The van der Waals surface area contributed by atoms with Crippen molar-refractivity contribution in [2.45, 2.75) is 31.7 Å². The molecule has 0 radical (unpaired) electrons. The fourth-order valence-electron chi connectivity index (χ4n) is 4.87. The number of rotatable bonds is 5. The third-order valence-corrected chi connectivity index (χ3v) is 6.41. The predicted molar refractivity (Wildman–Crippen MR) is 105 cm³/mol. The SMILES string of the molecule is N#Cc1cnc(OCC23CC(C(=O)N4N=CCC4c4ccc(Cl)cc4)(C2)C3)cn1. The zero-order chi connectivity index (χ0) is 20.1. The second kappa shape index (κ2) is 6.53. The van der Waals surface area contributed by atoms with Gasteiger partial charge in [-0.05, 0) is 37.0 Å². The number of aromatic nitrogens is 2. The van der Waals surface area contributed by atoms with E-state index < -0.39 is 0 Å². The number of nitriles is 1. The van der Waals surface area contributed by atoms with Gasteiger partial charge in [0.2, 0.25) is 11.8 Å². The van der Waals surface area contributed by atoms with E-state index >= 15 is 0 Å². The summed E-state index contributed by atoms with van der Waals surface area (Å²) < 4.78 is 5.75. The van der Waals surface area contributed by atoms with Crippen LogP contribution < -0.4 is 4.74 Å². The predicted octanol–water partition coefficient (Wildman–Crippen LogP) is 3.51. The van der Waals surface area contributed by atoms with Crippen molar-refractivity contribution >= 4 is 23.7 Å². The minimum absolute atomic E-state index is 0.0322. The quantitative estimate of drug-likeness (QED) is 0.756. The average Bonchev–Trinajstić information content (AvgIpc) is 3.16. The molecule has 6 rings (SSSR count). The lowest BCUT2D eigenvalue weighted by molar-refractivity contribution is -0.227. The number of hydrogen-bond donors (Lipinski definition) is 0. The largest absolute Gasteiger partial charge is 0.476 e. The molecule has 0 saturated heterocycles. The maximum absolute atomic E-state index is 13.2. The normalized spacial score (nSPS) is 29.0. The second-order valence-electron chi connectivity index (χ2n) is 8.20. The summed E-state index contributed by atoms with van der Waals surface area (Å²) in [5.74, 6) is 0.507. The lowest BCUT2D eigenvalue weighted by Crippen LogP contribution is -2.69. The van der Waals surface area contributed by atoms with Crippen LogP contribution in [0.3, 0.4) is 0 Å². The van der Waals surface area contributed by atoms with Crippen LogP contribution in [-0.2, 0) is 4.79 Å². The fraction of sp³-hybridized carbons (Fsp3) is 0.381. The molecule has 1 aromatic heterocycles. The first-order valence-corrected chi connectivity index (χ1v) is 9.87. The molecule has 1 unspecified atom stereocenters. The number of nitrogens with zero attached hydrogens (tertiary/aromatic N) is 5. The van der Waals surface area contributed by atoms with Crippen molar-refractivity contribution in [3.8, 4) is 11.9 Å². The molecule has 0 spiro atoms. The molecule has 146 valence electrons. The molecule has 8 heteroatoms. The van der Waals surface area contributed by atoms with Gasteiger partial charge in [0, 0.05) is 23.1 Å². The van der Waals surface area contributed by atoms with Crippen molar-refractivity contribution in [2.24, 2.45) is 15.9 Å². The van der Waals surface area contributed by atoms with Gasteiger partial charge in [-0.2, -0.15) is 10.4 Å². The lowest BCUT2D eigenvalue weighted by Gasteiger charge is -2.69. The summed E-state index contributed by atoms with van der Waals surface area (Å²) in [6.45, 7) is 0.506. The number of ether oxygens (including phenoxy) is 1. The van der Waals surface area contributed by atoms with Crippen molar-refractivity contribution in [1.82, 2.24) is 15.0 Å². The van der Waals surface area contributed by atoms with E-state index in [0.717, 1.165) is 31.2 Å². The van der Waals surface area contributed by atoms with Crippen molar-refractivity contribution in [3.63, 3.8) is 0 Å². The van der Waals surface area contributed by atoms with E-state index in [1.165, 1.54) is 12.4 Å². The van der Waals surface area contributed by atoms with Gasteiger partial charge in [0.25, 0.3) is 0 Å². The summed E-state index contributed by atoms with van der Waals surface area (Å²) in [5, 5.41) is 15.5. The number of carbonyl (C=O) groups is 1. The van der Waals surface area contributed by atoms with Crippen molar-refractivity contribution in [2.75, 3.05) is 6.61 Å². The highest BCUT2D eigenvalue weighted by molar-refractivity contribution is 6.30. The smallest absolute Gasteiger partial charge is 0.249 e. The first kappa shape index (κ1) is 18.1. The summed E-state index contributed by atoms with van der Waals surface area (Å²) in [5.41, 5.74) is 1.02. The Morgan fingerprint density at radius 1 is 1.24 bits per heavy atom. The van der Waals surface area contributed by atoms with Crippen LogP contribution in [0.4, 0.5) is 0 Å². The molecule has 1 atom stereocenters. The van der Waals surface area contributed by atoms with Crippen LogP contribution in [0.2, 0.25) is 5.02 Å². The van der Waals surface area contributed by atoms with E-state index in [4.69, 9.17) is 21.6 Å². The molecular weight excluding hydrogens is 390 g/mol. The highest BCUT2D eigenvalue weighted by Crippen LogP contribution is 2.74. The van der Waals surface area contributed by atoms with Gasteiger partial charge in [0.05, 0.1) is 30.5 Å². The van der Waals surface area contributed by atoms with E-state index in [-0.39, 0.29) is 28.5 Å². The van der Waals surface area contributed by atoms with E-state index in [1.54, 1.807) is 5.01 Å². The van der Waals surface area contributed by atoms with Crippen LogP contribution in [0.25, 0.3) is 0 Å². The zero-order valence-electron chi connectivity index (χ0n) is 15.6. The van der Waals surface area contributed by atoms with Gasteiger partial charge in [-0.15, -0.1) is 0 Å². The molecule has 29 heavy (non-hydrogen) atoms. The molecule has 1 aliphatic heterocycles. The molecular formula is C21H18ClN5O2. The Hall–Kier alpha value is -2.98. The highest BCUT2D eigenvalue weighted by atomic mass is 35.5. The van der Waals surface area contributed by atoms with Crippen LogP contribution in [0.1, 0.15) is 43.0 Å². The Labute approximate surface area is 173 Å². The third-order valence-electron chi connectivity index (χ3n) is 6.16. The molecule has 1 amide bonds. The van der Waals surface area contributed by atoms with Gasteiger partial charge in [-0.25, -0.2) is 15.0 Å². The summed E-state index contributed by atoms with van der Waals surface area (Å²) in [6.07, 6.45) is 7.80. The average molecular weight is 408 g/mol. The van der Waals surface area contributed by atoms with E-state index in [9.17, 15) is 4.79 Å². The summed E-state index contributed by atoms with van der Waals surface area (Å²) >= 11 is 5.99. The molecule has 2 aromatic rings. The monoisotopic (exact) mass is 407 g/mol. The van der Waals surface area contributed by atoms with Crippen molar-refractivity contribution in [3.05, 3.63) is 52.9 Å². The molecule has 3 fully saturated rings. The maximum Gasteiger partial charge on any atom is 0.249 e. The Bertz CT molecular complexity index is 1010. The van der Waals surface area contributed by atoms with Gasteiger partial charge in [-0.3, -0.25) is 4.79 Å². The Balaban J connectivity index is 1.20. The minimum atomic E-state index is -0.313. The Morgan fingerprint density at radius 2 is 2.00 bits per heavy atom. The Morgan fingerprint density at radius 3 is 2.66 bits per heavy atom. The molecule has 3 saturated carbocycles. The molecule has 7 nitrogen and oxygen atoms in total. The van der Waals surface area contributed by atoms with Crippen LogP contribution in [0, 0.1) is 22.2 Å². The van der Waals surface area contributed by atoms with Gasteiger partial charge < -0.3 is 4.74 Å². The van der Waals surface area contributed by atoms with Crippen LogP contribution in [0.15, 0.2) is 41.8 Å². The van der Waals surface area contributed by atoms with Crippen LogP contribution >= 0.6 is 11.6 Å². The fourth-order valence-corrected chi connectivity index (χ4v) is 4.99. The van der Waals surface area contributed by atoms with E-state index in [0.29, 0.717) is 17.5 Å². The molecule has 4 aliphatic rings. The van der Waals surface area contributed by atoms with Gasteiger partial charge >= 0.3 is 0 Å². The first-order valence-electron chi connectivity index (χ1n) is 9.49. The molecule has 1 aromatic carbocycles.